The number of hydrogen-bond donors (Lipinski definition) is 1. The molecule has 0 amide bonds. The van der Waals surface area contributed by atoms with Gasteiger partial charge in [-0.05, 0) is 30.3 Å². The van der Waals surface area contributed by atoms with Gasteiger partial charge in [0.15, 0.2) is 5.11 Å². The lowest BCUT2D eigenvalue weighted by molar-refractivity contribution is 0.519. The Bertz CT molecular complexity index is 860. The monoisotopic (exact) mass is 334 g/mol. The summed E-state index contributed by atoms with van der Waals surface area (Å²) in [5, 5.41) is 14.2. The lowest BCUT2D eigenvalue weighted by Gasteiger charge is -2.21. The second kappa shape index (κ2) is 6.53. The summed E-state index contributed by atoms with van der Waals surface area (Å²) < 4.78 is 0. The van der Waals surface area contributed by atoms with Gasteiger partial charge in [-0.1, -0.05) is 42.5 Å². The van der Waals surface area contributed by atoms with Crippen molar-refractivity contribution in [2.24, 2.45) is 0 Å². The van der Waals surface area contributed by atoms with Crippen molar-refractivity contribution in [2.45, 2.75) is 12.3 Å². The fourth-order valence-electron chi connectivity index (χ4n) is 3.27. The summed E-state index contributed by atoms with van der Waals surface area (Å²) in [6, 6.07) is 16.7. The van der Waals surface area contributed by atoms with E-state index in [0.717, 1.165) is 41.1 Å². The third-order valence-electron chi connectivity index (χ3n) is 4.58. The molecule has 0 saturated carbocycles. The van der Waals surface area contributed by atoms with E-state index in [1.54, 1.807) is 12.4 Å². The van der Waals surface area contributed by atoms with Crippen molar-refractivity contribution < 1.29 is 0 Å². The molecule has 5 heteroatoms. The highest BCUT2D eigenvalue weighted by atomic mass is 32.1. The van der Waals surface area contributed by atoms with Crippen LogP contribution in [0, 0.1) is 0 Å². The van der Waals surface area contributed by atoms with Crippen LogP contribution in [-0.4, -0.2) is 33.3 Å². The molecule has 1 saturated heterocycles. The van der Waals surface area contributed by atoms with E-state index in [-0.39, 0.29) is 0 Å². The molecule has 4 rings (SSSR count). The number of benzene rings is 2. The number of nitrogens with zero attached hydrogens (tertiary/aromatic N) is 3. The molecule has 4 nitrogen and oxygen atoms in total. The number of likely N-dealkylation sites (tertiary alicyclic amines) is 1. The minimum atomic E-state index is 0.546. The molecule has 1 atom stereocenters. The van der Waals surface area contributed by atoms with Crippen LogP contribution in [0.15, 0.2) is 60.9 Å². The summed E-state index contributed by atoms with van der Waals surface area (Å²) in [6.45, 7) is 1.94. The normalized spacial score (nSPS) is 17.2. The van der Waals surface area contributed by atoms with Crippen LogP contribution in [0.25, 0.3) is 10.8 Å². The summed E-state index contributed by atoms with van der Waals surface area (Å²) >= 11 is 5.64. The highest BCUT2D eigenvalue weighted by Gasteiger charge is 2.25. The lowest BCUT2D eigenvalue weighted by Crippen LogP contribution is -2.32. The number of fused-ring (bicyclic) bond motifs is 1. The molecular weight excluding hydrogens is 316 g/mol. The number of aromatic nitrogens is 2. The number of thiocarbonyl (C=S) groups is 1. The molecule has 0 radical (unpaired) electrons. The number of anilines is 1. The summed E-state index contributed by atoms with van der Waals surface area (Å²) in [4.78, 5) is 2.25. The Kier molecular flexibility index (Phi) is 4.09. The first kappa shape index (κ1) is 15.0. The Morgan fingerprint density at radius 1 is 1.04 bits per heavy atom. The zero-order valence-corrected chi connectivity index (χ0v) is 14.0. The van der Waals surface area contributed by atoms with E-state index in [2.05, 4.69) is 50.7 Å². The minimum absolute atomic E-state index is 0.546. The van der Waals surface area contributed by atoms with E-state index in [4.69, 9.17) is 12.2 Å². The van der Waals surface area contributed by atoms with Gasteiger partial charge in [0, 0.05) is 35.5 Å². The fourth-order valence-corrected chi connectivity index (χ4v) is 3.55. The van der Waals surface area contributed by atoms with Gasteiger partial charge in [-0.3, -0.25) is 0 Å². The van der Waals surface area contributed by atoms with Crippen LogP contribution in [-0.2, 0) is 0 Å². The van der Waals surface area contributed by atoms with Gasteiger partial charge in [0.1, 0.15) is 0 Å². The Morgan fingerprint density at radius 3 is 2.75 bits per heavy atom. The quantitative estimate of drug-likeness (QED) is 0.722. The van der Waals surface area contributed by atoms with Crippen LogP contribution >= 0.6 is 12.2 Å². The SMILES string of the molecule is S=C(Nc1cccc2cnncc12)N1CC[C@H](c2ccccc2)C1. The first-order valence-corrected chi connectivity index (χ1v) is 8.52. The predicted molar refractivity (Wildman–Crippen MR) is 101 cm³/mol. The molecule has 1 aliphatic rings. The van der Waals surface area contributed by atoms with Crippen molar-refractivity contribution in [1.29, 1.82) is 0 Å². The van der Waals surface area contributed by atoms with Gasteiger partial charge in [-0.15, -0.1) is 0 Å². The van der Waals surface area contributed by atoms with E-state index in [1.807, 2.05) is 18.2 Å². The molecule has 1 N–H and O–H groups in total. The van der Waals surface area contributed by atoms with Crippen molar-refractivity contribution in [3.05, 3.63) is 66.5 Å². The molecular formula is C19H18N4S. The highest BCUT2D eigenvalue weighted by molar-refractivity contribution is 7.80. The standard InChI is InChI=1S/C19H18N4S/c24-19(22-18-8-4-7-15-11-20-21-12-17(15)18)23-10-9-16(13-23)14-5-2-1-3-6-14/h1-8,11-12,16H,9-10,13H2,(H,22,24)/t16-/m0/s1. The van der Waals surface area contributed by atoms with Crippen molar-refractivity contribution >= 4 is 33.8 Å². The van der Waals surface area contributed by atoms with Gasteiger partial charge < -0.3 is 10.2 Å². The average molecular weight is 334 g/mol. The average Bonchev–Trinajstić information content (AvgIpc) is 3.13. The van der Waals surface area contributed by atoms with Crippen LogP contribution < -0.4 is 5.32 Å². The number of hydrogen-bond acceptors (Lipinski definition) is 3. The van der Waals surface area contributed by atoms with Crippen molar-refractivity contribution in [2.75, 3.05) is 18.4 Å². The van der Waals surface area contributed by atoms with Crippen LogP contribution in [0.1, 0.15) is 17.9 Å². The highest BCUT2D eigenvalue weighted by Crippen LogP contribution is 2.28. The van der Waals surface area contributed by atoms with Gasteiger partial charge in [0.05, 0.1) is 12.4 Å². The first-order valence-electron chi connectivity index (χ1n) is 8.11. The van der Waals surface area contributed by atoms with Gasteiger partial charge in [0.2, 0.25) is 0 Å². The smallest absolute Gasteiger partial charge is 0.173 e. The van der Waals surface area contributed by atoms with Gasteiger partial charge in [-0.25, -0.2) is 0 Å². The summed E-state index contributed by atoms with van der Waals surface area (Å²) in [5.41, 5.74) is 2.37. The topological polar surface area (TPSA) is 41.1 Å². The van der Waals surface area contributed by atoms with Crippen molar-refractivity contribution in [1.82, 2.24) is 15.1 Å². The lowest BCUT2D eigenvalue weighted by atomic mass is 9.99. The zero-order valence-electron chi connectivity index (χ0n) is 13.2. The van der Waals surface area contributed by atoms with E-state index < -0.39 is 0 Å². The molecule has 24 heavy (non-hydrogen) atoms. The van der Waals surface area contributed by atoms with Gasteiger partial charge >= 0.3 is 0 Å². The van der Waals surface area contributed by atoms with E-state index in [9.17, 15) is 0 Å². The van der Waals surface area contributed by atoms with Crippen LogP contribution in [0.3, 0.4) is 0 Å². The molecule has 1 aromatic heterocycles. The van der Waals surface area contributed by atoms with Crippen molar-refractivity contribution in [3.8, 4) is 0 Å². The molecule has 0 spiro atoms. The second-order valence-corrected chi connectivity index (χ2v) is 6.46. The Hall–Kier alpha value is -2.53. The van der Waals surface area contributed by atoms with Crippen LogP contribution in [0.5, 0.6) is 0 Å². The number of nitrogens with one attached hydrogen (secondary N) is 1. The predicted octanol–water partition coefficient (Wildman–Crippen LogP) is 3.82. The van der Waals surface area contributed by atoms with Gasteiger partial charge in [-0.2, -0.15) is 10.2 Å². The summed E-state index contributed by atoms with van der Waals surface area (Å²) in [7, 11) is 0. The molecule has 120 valence electrons. The molecule has 0 unspecified atom stereocenters. The van der Waals surface area contributed by atoms with E-state index >= 15 is 0 Å². The van der Waals surface area contributed by atoms with Crippen molar-refractivity contribution in [3.63, 3.8) is 0 Å². The van der Waals surface area contributed by atoms with E-state index in [0.29, 0.717) is 5.92 Å². The van der Waals surface area contributed by atoms with Gasteiger partial charge in [0.25, 0.3) is 0 Å². The molecule has 1 aliphatic heterocycles. The maximum absolute atomic E-state index is 5.64. The maximum atomic E-state index is 5.64. The summed E-state index contributed by atoms with van der Waals surface area (Å²) in [5.74, 6) is 0.546. The fraction of sp³-hybridized carbons (Fsp3) is 0.211. The molecule has 2 aromatic carbocycles. The van der Waals surface area contributed by atoms with Crippen LogP contribution in [0.4, 0.5) is 5.69 Å². The largest absolute Gasteiger partial charge is 0.348 e. The molecule has 0 bridgehead atoms. The first-order chi connectivity index (χ1) is 11.8. The van der Waals surface area contributed by atoms with Crippen LogP contribution in [0.2, 0.25) is 0 Å². The summed E-state index contributed by atoms with van der Waals surface area (Å²) in [6.07, 6.45) is 4.68. The molecule has 0 aliphatic carbocycles. The minimum Gasteiger partial charge on any atom is -0.348 e. The Balaban J connectivity index is 1.49. The maximum Gasteiger partial charge on any atom is 0.173 e. The third-order valence-corrected chi connectivity index (χ3v) is 4.94. The molecule has 3 aromatic rings. The Labute approximate surface area is 146 Å². The molecule has 2 heterocycles. The molecule has 1 fully saturated rings. The second-order valence-electron chi connectivity index (χ2n) is 6.07. The Morgan fingerprint density at radius 2 is 1.88 bits per heavy atom. The number of rotatable bonds is 2. The zero-order chi connectivity index (χ0) is 16.4. The third kappa shape index (κ3) is 2.95. The van der Waals surface area contributed by atoms with E-state index in [1.165, 1.54) is 5.56 Å².